The van der Waals surface area contributed by atoms with Gasteiger partial charge in [-0.3, -0.25) is 9.69 Å². The van der Waals surface area contributed by atoms with Gasteiger partial charge in [0.1, 0.15) is 6.61 Å². The molecule has 0 bridgehead atoms. The number of alkyl halides is 3. The van der Waals surface area contributed by atoms with E-state index in [4.69, 9.17) is 0 Å². The van der Waals surface area contributed by atoms with Crippen molar-refractivity contribution in [2.45, 2.75) is 32.9 Å². The number of halogens is 3. The van der Waals surface area contributed by atoms with E-state index in [0.717, 1.165) is 0 Å². The van der Waals surface area contributed by atoms with Crippen LogP contribution in [0.15, 0.2) is 0 Å². The number of rotatable bonds is 10. The maximum Gasteiger partial charge on any atom is 0.411 e. The van der Waals surface area contributed by atoms with E-state index >= 15 is 0 Å². The molecule has 0 saturated carbocycles. The van der Waals surface area contributed by atoms with Crippen molar-refractivity contribution >= 4 is 11.9 Å². The van der Waals surface area contributed by atoms with Gasteiger partial charge in [0.15, 0.2) is 0 Å². The van der Waals surface area contributed by atoms with Crippen LogP contribution in [0.3, 0.4) is 0 Å². The summed E-state index contributed by atoms with van der Waals surface area (Å²) in [4.78, 5) is 29.5. The predicted octanol–water partition coefficient (Wildman–Crippen LogP) is 1.54. The molecule has 3 amide bonds. The molecular formula is C17H31F3N4O3. The molecule has 1 rings (SSSR count). The number of ether oxygens (including phenoxy) is 1. The fourth-order valence-corrected chi connectivity index (χ4v) is 2.88. The van der Waals surface area contributed by atoms with Gasteiger partial charge in [-0.1, -0.05) is 0 Å². The normalized spacial score (nSPS) is 15.7. The molecule has 0 spiro atoms. The van der Waals surface area contributed by atoms with Gasteiger partial charge in [0.2, 0.25) is 5.91 Å². The van der Waals surface area contributed by atoms with Gasteiger partial charge in [-0.25, -0.2) is 4.79 Å². The van der Waals surface area contributed by atoms with Crippen molar-refractivity contribution in [2.24, 2.45) is 0 Å². The molecule has 0 aromatic carbocycles. The van der Waals surface area contributed by atoms with E-state index < -0.39 is 12.8 Å². The molecule has 1 saturated heterocycles. The van der Waals surface area contributed by atoms with Crippen LogP contribution in [0.1, 0.15) is 26.7 Å². The second-order valence-corrected chi connectivity index (χ2v) is 6.40. The average Bonchev–Trinajstić information content (AvgIpc) is 2.62. The zero-order chi connectivity index (χ0) is 20.3. The van der Waals surface area contributed by atoms with Crippen LogP contribution in [-0.4, -0.2) is 98.4 Å². The van der Waals surface area contributed by atoms with Crippen molar-refractivity contribution in [3.63, 3.8) is 0 Å². The highest BCUT2D eigenvalue weighted by Crippen LogP contribution is 2.14. The molecule has 1 aliphatic rings. The molecule has 1 fully saturated rings. The predicted molar refractivity (Wildman–Crippen MR) is 95.4 cm³/mol. The fourth-order valence-electron chi connectivity index (χ4n) is 2.88. The number of piperazine rings is 1. The smallest absolute Gasteiger partial charge is 0.372 e. The Morgan fingerprint density at radius 1 is 1.11 bits per heavy atom. The highest BCUT2D eigenvalue weighted by atomic mass is 19.4. The molecule has 0 aromatic heterocycles. The third-order valence-corrected chi connectivity index (χ3v) is 4.42. The van der Waals surface area contributed by atoms with Gasteiger partial charge in [0.05, 0.1) is 0 Å². The minimum absolute atomic E-state index is 0.0258. The van der Waals surface area contributed by atoms with Gasteiger partial charge in [-0.15, -0.1) is 0 Å². The van der Waals surface area contributed by atoms with Crippen LogP contribution < -0.4 is 5.32 Å². The molecule has 1 N–H and O–H groups in total. The van der Waals surface area contributed by atoms with Crippen molar-refractivity contribution in [3.8, 4) is 0 Å². The first kappa shape index (κ1) is 23.5. The molecule has 0 radical (unpaired) electrons. The number of urea groups is 1. The first-order valence-corrected chi connectivity index (χ1v) is 9.44. The van der Waals surface area contributed by atoms with Gasteiger partial charge in [0.25, 0.3) is 0 Å². The lowest BCUT2D eigenvalue weighted by Crippen LogP contribution is -2.52. The topological polar surface area (TPSA) is 65.1 Å². The molecule has 27 heavy (non-hydrogen) atoms. The van der Waals surface area contributed by atoms with Gasteiger partial charge in [-0.2, -0.15) is 13.2 Å². The second kappa shape index (κ2) is 12.0. The summed E-state index contributed by atoms with van der Waals surface area (Å²) in [6, 6.07) is -0.185. The van der Waals surface area contributed by atoms with Crippen LogP contribution in [0.5, 0.6) is 0 Å². The molecule has 10 heteroatoms. The summed E-state index contributed by atoms with van der Waals surface area (Å²) >= 11 is 0. The minimum Gasteiger partial charge on any atom is -0.372 e. The van der Waals surface area contributed by atoms with Crippen molar-refractivity contribution in [3.05, 3.63) is 0 Å². The summed E-state index contributed by atoms with van der Waals surface area (Å²) in [5, 5.41) is 2.77. The molecule has 0 aromatic rings. The van der Waals surface area contributed by atoms with Crippen LogP contribution >= 0.6 is 0 Å². The number of hydrogen-bond acceptors (Lipinski definition) is 4. The Balaban J connectivity index is 2.13. The summed E-state index contributed by atoms with van der Waals surface area (Å²) in [5.74, 6) is 0.0258. The Morgan fingerprint density at radius 2 is 1.74 bits per heavy atom. The van der Waals surface area contributed by atoms with Gasteiger partial charge in [-0.05, 0) is 20.3 Å². The van der Waals surface area contributed by atoms with Crippen molar-refractivity contribution < 1.29 is 27.5 Å². The molecule has 7 nitrogen and oxygen atoms in total. The Kier molecular flexibility index (Phi) is 10.5. The highest BCUT2D eigenvalue weighted by Gasteiger charge is 2.27. The Morgan fingerprint density at radius 3 is 2.30 bits per heavy atom. The molecule has 0 atom stereocenters. The summed E-state index contributed by atoms with van der Waals surface area (Å²) in [5.41, 5.74) is 0. The van der Waals surface area contributed by atoms with E-state index in [9.17, 15) is 22.8 Å². The minimum atomic E-state index is -4.28. The quantitative estimate of drug-likeness (QED) is 0.569. The molecule has 1 heterocycles. The zero-order valence-corrected chi connectivity index (χ0v) is 16.2. The molecule has 0 aliphatic carbocycles. The Hall–Kier alpha value is -1.55. The second-order valence-electron chi connectivity index (χ2n) is 6.40. The number of carbonyl (C=O) groups excluding carboxylic acids is 2. The van der Waals surface area contributed by atoms with Crippen LogP contribution in [0, 0.1) is 0 Å². The van der Waals surface area contributed by atoms with E-state index in [-0.39, 0.29) is 25.0 Å². The lowest BCUT2D eigenvalue weighted by molar-refractivity contribution is -0.174. The number of hydrogen-bond donors (Lipinski definition) is 1. The van der Waals surface area contributed by atoms with Crippen LogP contribution in [0.4, 0.5) is 18.0 Å². The van der Waals surface area contributed by atoms with Crippen molar-refractivity contribution in [1.29, 1.82) is 0 Å². The van der Waals surface area contributed by atoms with Crippen LogP contribution in [0.2, 0.25) is 0 Å². The third-order valence-electron chi connectivity index (χ3n) is 4.42. The fraction of sp³-hybridized carbons (Fsp3) is 0.882. The average molecular weight is 396 g/mol. The monoisotopic (exact) mass is 396 g/mol. The summed E-state index contributed by atoms with van der Waals surface area (Å²) in [6.07, 6.45) is -3.48. The standard InChI is InChI=1S/C17H31F3N4O3/c1-3-23(4-2)15(25)6-7-21-16(26)24-11-9-22(10-12-24)8-5-13-27-14-17(18,19)20/h3-14H2,1-2H3,(H,21,26). The highest BCUT2D eigenvalue weighted by molar-refractivity contribution is 5.78. The van der Waals surface area contributed by atoms with E-state index in [2.05, 4.69) is 15.0 Å². The molecule has 0 unspecified atom stereocenters. The third kappa shape index (κ3) is 9.81. The zero-order valence-electron chi connectivity index (χ0n) is 16.2. The van der Waals surface area contributed by atoms with Crippen molar-refractivity contribution in [1.82, 2.24) is 20.0 Å². The molecule has 1 aliphatic heterocycles. The first-order valence-electron chi connectivity index (χ1n) is 9.44. The lowest BCUT2D eigenvalue weighted by atomic mass is 10.3. The Labute approximate surface area is 158 Å². The number of carbonyl (C=O) groups is 2. The number of amides is 3. The summed E-state index contributed by atoms with van der Waals surface area (Å²) in [6.45, 7) is 7.42. The lowest BCUT2D eigenvalue weighted by Gasteiger charge is -2.34. The van der Waals surface area contributed by atoms with E-state index in [1.807, 2.05) is 13.8 Å². The van der Waals surface area contributed by atoms with Gasteiger partial charge >= 0.3 is 12.2 Å². The van der Waals surface area contributed by atoms with Crippen LogP contribution in [-0.2, 0) is 9.53 Å². The van der Waals surface area contributed by atoms with Crippen LogP contribution in [0.25, 0.3) is 0 Å². The first-order chi connectivity index (χ1) is 12.8. The van der Waals surface area contributed by atoms with Gasteiger partial charge in [0, 0.05) is 65.4 Å². The van der Waals surface area contributed by atoms with Gasteiger partial charge < -0.3 is 19.9 Å². The SMILES string of the molecule is CCN(CC)C(=O)CCNC(=O)N1CCN(CCCOCC(F)(F)F)CC1. The van der Waals surface area contributed by atoms with Crippen molar-refractivity contribution in [2.75, 3.05) is 65.6 Å². The van der Waals surface area contributed by atoms with E-state index in [1.165, 1.54) is 0 Å². The largest absolute Gasteiger partial charge is 0.411 e. The maximum atomic E-state index is 12.1. The molecule has 158 valence electrons. The number of nitrogens with zero attached hydrogens (tertiary/aromatic N) is 3. The summed E-state index contributed by atoms with van der Waals surface area (Å²) in [7, 11) is 0. The van der Waals surface area contributed by atoms with E-state index in [1.54, 1.807) is 9.80 Å². The maximum absolute atomic E-state index is 12.1. The van der Waals surface area contributed by atoms with E-state index in [0.29, 0.717) is 58.8 Å². The Bertz CT molecular complexity index is 451. The molecular weight excluding hydrogens is 365 g/mol. The summed E-state index contributed by atoms with van der Waals surface area (Å²) < 4.78 is 40.5. The number of nitrogens with one attached hydrogen (secondary N) is 1.